The normalized spacial score (nSPS) is 16.0. The van der Waals surface area contributed by atoms with E-state index in [0.717, 1.165) is 16.8 Å². The molecule has 4 rings (SSSR count). The molecule has 3 aromatic rings. The largest absolute Gasteiger partial charge is 0.322 e. The molecule has 0 saturated carbocycles. The van der Waals surface area contributed by atoms with Gasteiger partial charge in [-0.25, -0.2) is 0 Å². The number of nitrogens with zero attached hydrogens (tertiary/aromatic N) is 1. The van der Waals surface area contributed by atoms with E-state index in [1.54, 1.807) is 17.0 Å². The van der Waals surface area contributed by atoms with Crippen LogP contribution in [-0.4, -0.2) is 17.6 Å². The molecule has 2 amide bonds. The molecule has 1 saturated heterocycles. The van der Waals surface area contributed by atoms with E-state index in [2.05, 4.69) is 5.32 Å². The van der Waals surface area contributed by atoms with E-state index in [-0.39, 0.29) is 22.2 Å². The summed E-state index contributed by atoms with van der Waals surface area (Å²) in [5, 5.41) is 3.45. The van der Waals surface area contributed by atoms with Crippen molar-refractivity contribution in [1.82, 2.24) is 0 Å². The predicted molar refractivity (Wildman–Crippen MR) is 125 cm³/mol. The lowest BCUT2D eigenvalue weighted by atomic mass is 10.1. The molecule has 1 unspecified atom stereocenters. The van der Waals surface area contributed by atoms with Crippen LogP contribution in [-0.2, 0) is 4.79 Å². The van der Waals surface area contributed by atoms with Crippen LogP contribution in [0.25, 0.3) is 0 Å². The summed E-state index contributed by atoms with van der Waals surface area (Å²) in [5.41, 5.74) is 3.79. The first-order valence-corrected chi connectivity index (χ1v) is 11.1. The third-order valence-electron chi connectivity index (χ3n) is 4.83. The lowest BCUT2D eigenvalue weighted by Crippen LogP contribution is -2.28. The van der Waals surface area contributed by atoms with Gasteiger partial charge in [0, 0.05) is 22.0 Å². The summed E-state index contributed by atoms with van der Waals surface area (Å²) in [4.78, 5) is 27.3. The molecule has 0 spiro atoms. The molecule has 30 heavy (non-hydrogen) atoms. The van der Waals surface area contributed by atoms with Gasteiger partial charge in [-0.3, -0.25) is 14.5 Å². The van der Waals surface area contributed by atoms with Crippen molar-refractivity contribution >= 4 is 58.2 Å². The molecule has 7 heteroatoms. The Morgan fingerprint density at radius 2 is 1.80 bits per heavy atom. The van der Waals surface area contributed by atoms with Crippen LogP contribution in [0.15, 0.2) is 66.7 Å². The second-order valence-corrected chi connectivity index (χ2v) is 8.84. The van der Waals surface area contributed by atoms with Crippen LogP contribution < -0.4 is 10.2 Å². The highest BCUT2D eigenvalue weighted by atomic mass is 35.5. The van der Waals surface area contributed by atoms with Crippen molar-refractivity contribution in [3.8, 4) is 0 Å². The number of rotatable bonds is 4. The molecule has 0 aromatic heterocycles. The standard InChI is InChI=1S/C23H18Cl2N2O2S/c1-14-6-9-16(10-7-14)27-21(28)13-30-23(27)18-4-2-3-5-20(18)26-22(29)17-11-8-15(24)12-19(17)25/h2-12,23H,13H2,1H3,(H,26,29). The first-order chi connectivity index (χ1) is 14.4. The van der Waals surface area contributed by atoms with Crippen molar-refractivity contribution in [3.05, 3.63) is 93.5 Å². The number of hydrogen-bond donors (Lipinski definition) is 1. The SMILES string of the molecule is Cc1ccc(N2C(=O)CSC2c2ccccc2NC(=O)c2ccc(Cl)cc2Cl)cc1. The number of carbonyl (C=O) groups excluding carboxylic acids is 2. The maximum absolute atomic E-state index is 12.8. The van der Waals surface area contributed by atoms with Crippen molar-refractivity contribution in [2.24, 2.45) is 0 Å². The minimum absolute atomic E-state index is 0.0377. The molecule has 1 atom stereocenters. The number of para-hydroxylation sites is 1. The number of anilines is 2. The van der Waals surface area contributed by atoms with Crippen LogP contribution in [0, 0.1) is 6.92 Å². The van der Waals surface area contributed by atoms with E-state index in [0.29, 0.717) is 22.0 Å². The second-order valence-electron chi connectivity index (χ2n) is 6.93. The number of benzene rings is 3. The highest BCUT2D eigenvalue weighted by Crippen LogP contribution is 2.44. The van der Waals surface area contributed by atoms with Gasteiger partial charge in [-0.2, -0.15) is 0 Å². The Bertz CT molecular complexity index is 1120. The molecule has 1 heterocycles. The summed E-state index contributed by atoms with van der Waals surface area (Å²) in [6.07, 6.45) is 0. The molecule has 0 radical (unpaired) electrons. The highest BCUT2D eigenvalue weighted by Gasteiger charge is 2.35. The molecule has 3 aromatic carbocycles. The monoisotopic (exact) mass is 456 g/mol. The van der Waals surface area contributed by atoms with Gasteiger partial charge < -0.3 is 5.32 Å². The average molecular weight is 457 g/mol. The minimum atomic E-state index is -0.333. The average Bonchev–Trinajstić information content (AvgIpc) is 3.10. The Morgan fingerprint density at radius 1 is 1.07 bits per heavy atom. The highest BCUT2D eigenvalue weighted by molar-refractivity contribution is 8.00. The van der Waals surface area contributed by atoms with Gasteiger partial charge in [0.15, 0.2) is 0 Å². The van der Waals surface area contributed by atoms with Gasteiger partial charge in [0.1, 0.15) is 5.37 Å². The molecule has 1 N–H and O–H groups in total. The summed E-state index contributed by atoms with van der Waals surface area (Å²) in [6.45, 7) is 2.01. The smallest absolute Gasteiger partial charge is 0.257 e. The van der Waals surface area contributed by atoms with Gasteiger partial charge in [-0.1, -0.05) is 59.1 Å². The van der Waals surface area contributed by atoms with Gasteiger partial charge in [-0.15, -0.1) is 11.8 Å². The fourth-order valence-corrected chi connectivity index (χ4v) is 5.04. The van der Waals surface area contributed by atoms with Crippen molar-refractivity contribution < 1.29 is 9.59 Å². The first kappa shape index (κ1) is 20.8. The van der Waals surface area contributed by atoms with Crippen molar-refractivity contribution in [1.29, 1.82) is 0 Å². The molecular weight excluding hydrogens is 439 g/mol. The Balaban J connectivity index is 1.66. The Hall–Kier alpha value is -2.47. The van der Waals surface area contributed by atoms with Gasteiger partial charge in [0.25, 0.3) is 5.91 Å². The maximum Gasteiger partial charge on any atom is 0.257 e. The lowest BCUT2D eigenvalue weighted by Gasteiger charge is -2.26. The fourth-order valence-electron chi connectivity index (χ4n) is 3.33. The van der Waals surface area contributed by atoms with E-state index in [4.69, 9.17) is 23.2 Å². The van der Waals surface area contributed by atoms with Crippen LogP contribution in [0.2, 0.25) is 10.0 Å². The molecule has 1 aliphatic rings. The summed E-state index contributed by atoms with van der Waals surface area (Å²) >= 11 is 13.7. The van der Waals surface area contributed by atoms with E-state index in [1.807, 2.05) is 55.5 Å². The van der Waals surface area contributed by atoms with Crippen LogP contribution in [0.3, 0.4) is 0 Å². The maximum atomic E-state index is 12.8. The predicted octanol–water partition coefficient (Wildman–Crippen LogP) is 6.33. The quantitative estimate of drug-likeness (QED) is 0.498. The zero-order valence-electron chi connectivity index (χ0n) is 16.1. The Kier molecular flexibility index (Phi) is 6.04. The van der Waals surface area contributed by atoms with Gasteiger partial charge in [0.05, 0.1) is 16.3 Å². The topological polar surface area (TPSA) is 49.4 Å². The summed E-state index contributed by atoms with van der Waals surface area (Å²) in [6, 6.07) is 20.1. The molecule has 4 nitrogen and oxygen atoms in total. The molecule has 152 valence electrons. The first-order valence-electron chi connectivity index (χ1n) is 9.29. The molecule has 0 aliphatic carbocycles. The minimum Gasteiger partial charge on any atom is -0.322 e. The van der Waals surface area contributed by atoms with Crippen molar-refractivity contribution in [2.75, 3.05) is 16.0 Å². The Morgan fingerprint density at radius 3 is 2.53 bits per heavy atom. The number of carbonyl (C=O) groups is 2. The molecular formula is C23H18Cl2N2O2S. The number of halogens is 2. The third kappa shape index (κ3) is 4.19. The fraction of sp³-hybridized carbons (Fsp3) is 0.130. The summed E-state index contributed by atoms with van der Waals surface area (Å²) in [5.74, 6) is 0.0835. The van der Waals surface area contributed by atoms with Gasteiger partial charge >= 0.3 is 0 Å². The van der Waals surface area contributed by atoms with Crippen LogP contribution >= 0.6 is 35.0 Å². The number of aryl methyl sites for hydroxylation is 1. The molecule has 1 fully saturated rings. The van der Waals surface area contributed by atoms with Crippen molar-refractivity contribution in [3.63, 3.8) is 0 Å². The summed E-state index contributed by atoms with van der Waals surface area (Å²) < 4.78 is 0. The van der Waals surface area contributed by atoms with Gasteiger partial charge in [-0.05, 0) is 43.3 Å². The number of thioether (sulfide) groups is 1. The van der Waals surface area contributed by atoms with E-state index in [1.165, 1.54) is 17.8 Å². The van der Waals surface area contributed by atoms with Crippen LogP contribution in [0.4, 0.5) is 11.4 Å². The zero-order valence-corrected chi connectivity index (χ0v) is 18.4. The van der Waals surface area contributed by atoms with Gasteiger partial charge in [0.2, 0.25) is 5.91 Å². The zero-order chi connectivity index (χ0) is 21.3. The number of amides is 2. The molecule has 0 bridgehead atoms. The molecule has 1 aliphatic heterocycles. The van der Waals surface area contributed by atoms with Crippen molar-refractivity contribution in [2.45, 2.75) is 12.3 Å². The van der Waals surface area contributed by atoms with Crippen LogP contribution in [0.5, 0.6) is 0 Å². The number of nitrogens with one attached hydrogen (secondary N) is 1. The Labute approximate surface area is 189 Å². The van der Waals surface area contributed by atoms with Crippen LogP contribution in [0.1, 0.15) is 26.9 Å². The second kappa shape index (κ2) is 8.72. The van der Waals surface area contributed by atoms with E-state index < -0.39 is 0 Å². The van der Waals surface area contributed by atoms with E-state index >= 15 is 0 Å². The number of hydrogen-bond acceptors (Lipinski definition) is 3. The third-order valence-corrected chi connectivity index (χ3v) is 6.57. The summed E-state index contributed by atoms with van der Waals surface area (Å²) in [7, 11) is 0. The van der Waals surface area contributed by atoms with E-state index in [9.17, 15) is 9.59 Å². The lowest BCUT2D eigenvalue weighted by molar-refractivity contribution is -0.115.